The maximum Gasteiger partial charge on any atom is 0.220 e. The van der Waals surface area contributed by atoms with Gasteiger partial charge >= 0.3 is 0 Å². The molecule has 4 heteroatoms. The first-order valence-corrected chi connectivity index (χ1v) is 11.2. The van der Waals surface area contributed by atoms with Crippen molar-refractivity contribution in [3.8, 4) is 0 Å². The van der Waals surface area contributed by atoms with Gasteiger partial charge in [-0.1, -0.05) is 90.6 Å². The van der Waals surface area contributed by atoms with E-state index in [4.69, 9.17) is 10.5 Å². The number of unbranched alkanes of at least 4 members (excludes halogenated alkanes) is 10. The van der Waals surface area contributed by atoms with Crippen molar-refractivity contribution in [1.82, 2.24) is 5.32 Å². The van der Waals surface area contributed by atoms with Crippen LogP contribution in [-0.4, -0.2) is 31.7 Å². The number of amides is 1. The lowest BCUT2D eigenvalue weighted by atomic mass is 10.0. The van der Waals surface area contributed by atoms with E-state index in [0.29, 0.717) is 13.0 Å². The Hall–Kier alpha value is -0.870. The predicted molar refractivity (Wildman–Crippen MR) is 117 cm³/mol. The average molecular weight is 383 g/mol. The first-order valence-electron chi connectivity index (χ1n) is 11.2. The van der Waals surface area contributed by atoms with Crippen molar-refractivity contribution >= 4 is 5.91 Å². The molecule has 0 saturated heterocycles. The summed E-state index contributed by atoms with van der Waals surface area (Å²) in [5.74, 6) is 0.916. The summed E-state index contributed by atoms with van der Waals surface area (Å²) in [6.07, 6.45) is 17.7. The Labute approximate surface area is 168 Å². The van der Waals surface area contributed by atoms with Gasteiger partial charge in [0.15, 0.2) is 0 Å². The summed E-state index contributed by atoms with van der Waals surface area (Å²) in [4.78, 5) is 12.0. The number of methoxy groups -OCH3 is 1. The molecule has 0 radical (unpaired) electrons. The van der Waals surface area contributed by atoms with Gasteiger partial charge in [-0.05, 0) is 12.3 Å². The first-order chi connectivity index (χ1) is 13.0. The molecule has 0 fully saturated rings. The lowest BCUT2D eigenvalue weighted by molar-refractivity contribution is -0.122. The summed E-state index contributed by atoms with van der Waals surface area (Å²) in [6, 6.07) is -0.189. The SMILES string of the molecule is C=C[C@@H](OC)[C@H](CN)NC(=O)CCCCCCCCCCCCCC(C)C. The molecule has 0 aliphatic heterocycles. The molecule has 4 nitrogen and oxygen atoms in total. The third kappa shape index (κ3) is 15.8. The fourth-order valence-electron chi connectivity index (χ4n) is 3.41. The molecule has 27 heavy (non-hydrogen) atoms. The van der Waals surface area contributed by atoms with Crippen molar-refractivity contribution < 1.29 is 9.53 Å². The fourth-order valence-corrected chi connectivity index (χ4v) is 3.41. The number of ether oxygens (including phenoxy) is 1. The zero-order chi connectivity index (χ0) is 20.3. The highest BCUT2D eigenvalue weighted by atomic mass is 16.5. The highest BCUT2D eigenvalue weighted by molar-refractivity contribution is 5.76. The van der Waals surface area contributed by atoms with E-state index < -0.39 is 0 Å². The molecule has 0 rings (SSSR count). The topological polar surface area (TPSA) is 64.3 Å². The second-order valence-electron chi connectivity index (χ2n) is 8.17. The van der Waals surface area contributed by atoms with Gasteiger partial charge in [-0.3, -0.25) is 4.79 Å². The van der Waals surface area contributed by atoms with Crippen LogP contribution < -0.4 is 11.1 Å². The quantitative estimate of drug-likeness (QED) is 0.233. The molecular formula is C23H46N2O2. The van der Waals surface area contributed by atoms with Gasteiger partial charge in [0.05, 0.1) is 12.1 Å². The van der Waals surface area contributed by atoms with Crippen molar-refractivity contribution in [2.45, 2.75) is 109 Å². The van der Waals surface area contributed by atoms with Crippen LogP contribution in [0, 0.1) is 5.92 Å². The monoisotopic (exact) mass is 382 g/mol. The maximum absolute atomic E-state index is 12.0. The molecule has 0 heterocycles. The number of nitrogens with one attached hydrogen (secondary N) is 1. The van der Waals surface area contributed by atoms with Crippen LogP contribution >= 0.6 is 0 Å². The third-order valence-electron chi connectivity index (χ3n) is 5.19. The molecule has 160 valence electrons. The Morgan fingerprint density at radius 1 is 0.963 bits per heavy atom. The number of carbonyl (C=O) groups is 1. The standard InChI is InChI=1S/C23H46N2O2/c1-5-22(27-4)21(19-24)25-23(26)18-16-14-12-10-8-6-7-9-11-13-15-17-20(2)3/h5,20-22H,1,6-19,24H2,2-4H3,(H,25,26)/t21-,22+/m0/s1. The predicted octanol–water partition coefficient (Wildman–Crippen LogP) is 5.36. The van der Waals surface area contributed by atoms with E-state index in [1.54, 1.807) is 13.2 Å². The Balaban J connectivity index is 3.46. The minimum absolute atomic E-state index is 0.0619. The zero-order valence-corrected chi connectivity index (χ0v) is 18.3. The number of hydrogen-bond donors (Lipinski definition) is 2. The number of carbonyl (C=O) groups excluding carboxylic acids is 1. The highest BCUT2D eigenvalue weighted by Gasteiger charge is 2.18. The molecule has 0 bridgehead atoms. The Kier molecular flexibility index (Phi) is 17.9. The van der Waals surface area contributed by atoms with Crippen LogP contribution in [0.3, 0.4) is 0 Å². The summed E-state index contributed by atoms with van der Waals surface area (Å²) in [6.45, 7) is 8.69. The van der Waals surface area contributed by atoms with Gasteiger partial charge in [0, 0.05) is 20.1 Å². The van der Waals surface area contributed by atoms with Crippen LogP contribution in [0.1, 0.15) is 97.3 Å². The Morgan fingerprint density at radius 2 is 1.44 bits per heavy atom. The normalized spacial score (nSPS) is 13.5. The van der Waals surface area contributed by atoms with Crippen molar-refractivity contribution in [2.75, 3.05) is 13.7 Å². The molecule has 2 atom stereocenters. The van der Waals surface area contributed by atoms with Gasteiger partial charge in [-0.2, -0.15) is 0 Å². The molecule has 0 spiro atoms. The molecule has 0 aromatic rings. The van der Waals surface area contributed by atoms with Crippen molar-refractivity contribution in [2.24, 2.45) is 11.7 Å². The minimum Gasteiger partial charge on any atom is -0.375 e. The summed E-state index contributed by atoms with van der Waals surface area (Å²) in [5, 5.41) is 2.95. The van der Waals surface area contributed by atoms with Crippen molar-refractivity contribution in [1.29, 1.82) is 0 Å². The lowest BCUT2D eigenvalue weighted by Gasteiger charge is -2.23. The largest absolute Gasteiger partial charge is 0.375 e. The van der Waals surface area contributed by atoms with Gasteiger partial charge in [0.2, 0.25) is 5.91 Å². The van der Waals surface area contributed by atoms with Crippen LogP contribution in [-0.2, 0) is 9.53 Å². The summed E-state index contributed by atoms with van der Waals surface area (Å²) in [7, 11) is 1.61. The molecule has 3 N–H and O–H groups in total. The van der Waals surface area contributed by atoms with Crippen molar-refractivity contribution in [3.63, 3.8) is 0 Å². The van der Waals surface area contributed by atoms with Crippen LogP contribution in [0.5, 0.6) is 0 Å². The Morgan fingerprint density at radius 3 is 1.85 bits per heavy atom. The summed E-state index contributed by atoms with van der Waals surface area (Å²) >= 11 is 0. The van der Waals surface area contributed by atoms with E-state index in [1.165, 1.54) is 64.2 Å². The van der Waals surface area contributed by atoms with E-state index in [0.717, 1.165) is 18.8 Å². The van der Waals surface area contributed by atoms with E-state index in [1.807, 2.05) is 0 Å². The molecule has 1 amide bonds. The van der Waals surface area contributed by atoms with Gasteiger partial charge in [-0.25, -0.2) is 0 Å². The molecule has 0 saturated carbocycles. The zero-order valence-electron chi connectivity index (χ0n) is 18.3. The second-order valence-corrected chi connectivity index (χ2v) is 8.17. The van der Waals surface area contributed by atoms with Crippen molar-refractivity contribution in [3.05, 3.63) is 12.7 Å². The number of hydrogen-bond acceptors (Lipinski definition) is 3. The molecule has 0 aromatic carbocycles. The minimum atomic E-state index is -0.228. The Bertz CT molecular complexity index is 358. The van der Waals surface area contributed by atoms with E-state index >= 15 is 0 Å². The van der Waals surface area contributed by atoms with E-state index in [9.17, 15) is 4.79 Å². The van der Waals surface area contributed by atoms with Gasteiger partial charge in [0.1, 0.15) is 0 Å². The van der Waals surface area contributed by atoms with Crippen LogP contribution in [0.15, 0.2) is 12.7 Å². The smallest absolute Gasteiger partial charge is 0.220 e. The van der Waals surface area contributed by atoms with Crippen LogP contribution in [0.4, 0.5) is 0 Å². The van der Waals surface area contributed by atoms with E-state index in [-0.39, 0.29) is 18.1 Å². The molecule has 0 aliphatic rings. The average Bonchev–Trinajstić information content (AvgIpc) is 2.65. The molecule has 0 aliphatic carbocycles. The molecular weight excluding hydrogens is 336 g/mol. The molecule has 0 aromatic heterocycles. The third-order valence-corrected chi connectivity index (χ3v) is 5.19. The van der Waals surface area contributed by atoms with Gasteiger partial charge in [0.25, 0.3) is 0 Å². The lowest BCUT2D eigenvalue weighted by Crippen LogP contribution is -2.48. The number of nitrogens with two attached hydrogens (primary N) is 1. The molecule has 0 unspecified atom stereocenters. The summed E-state index contributed by atoms with van der Waals surface area (Å²) < 4.78 is 5.27. The highest BCUT2D eigenvalue weighted by Crippen LogP contribution is 2.14. The number of rotatable bonds is 19. The van der Waals surface area contributed by atoms with Gasteiger partial charge < -0.3 is 15.8 Å². The van der Waals surface area contributed by atoms with E-state index in [2.05, 4.69) is 25.7 Å². The first kappa shape index (κ1) is 26.1. The second kappa shape index (κ2) is 18.5. The van der Waals surface area contributed by atoms with Gasteiger partial charge in [-0.15, -0.1) is 6.58 Å². The summed E-state index contributed by atoms with van der Waals surface area (Å²) in [5.41, 5.74) is 5.71. The van der Waals surface area contributed by atoms with Crippen LogP contribution in [0.2, 0.25) is 0 Å². The van der Waals surface area contributed by atoms with Crippen LogP contribution in [0.25, 0.3) is 0 Å². The maximum atomic E-state index is 12.0. The fraction of sp³-hybridized carbons (Fsp3) is 0.870.